The highest BCUT2D eigenvalue weighted by atomic mass is 32.2. The van der Waals surface area contributed by atoms with Gasteiger partial charge in [0.15, 0.2) is 0 Å². The lowest BCUT2D eigenvalue weighted by molar-refractivity contribution is 0.299. The molecule has 0 bridgehead atoms. The Balaban J connectivity index is 2.89. The van der Waals surface area contributed by atoms with Crippen molar-refractivity contribution in [3.63, 3.8) is 0 Å². The smallest absolute Gasteiger partial charge is 0.301 e. The van der Waals surface area contributed by atoms with Crippen LogP contribution in [0, 0.1) is 0 Å². The highest BCUT2D eigenvalue weighted by molar-refractivity contribution is 7.74. The van der Waals surface area contributed by atoms with Gasteiger partial charge in [0.2, 0.25) is 0 Å². The molecule has 1 atom stereocenters. The Hall–Kier alpha value is 0.0300. The van der Waals surface area contributed by atoms with Crippen molar-refractivity contribution in [1.82, 2.24) is 5.32 Å². The van der Waals surface area contributed by atoms with E-state index in [-0.39, 0.29) is 0 Å². The third-order valence-electron chi connectivity index (χ3n) is 2.14. The van der Waals surface area contributed by atoms with Gasteiger partial charge in [-0.05, 0) is 25.9 Å². The Labute approximate surface area is 95.3 Å². The van der Waals surface area contributed by atoms with E-state index in [4.69, 9.17) is 4.55 Å². The average Bonchev–Trinajstić information content (AvgIpc) is 2.20. The maximum absolute atomic E-state index is 10.1. The molecule has 0 radical (unpaired) electrons. The molecule has 92 valence electrons. The van der Waals surface area contributed by atoms with E-state index in [1.807, 2.05) is 0 Å². The summed E-state index contributed by atoms with van der Waals surface area (Å²) in [5.41, 5.74) is 0. The van der Waals surface area contributed by atoms with Crippen LogP contribution < -0.4 is 5.32 Å². The van der Waals surface area contributed by atoms with Crippen molar-refractivity contribution in [2.24, 2.45) is 0 Å². The molecule has 15 heavy (non-hydrogen) atoms. The zero-order chi connectivity index (χ0) is 11.4. The van der Waals surface area contributed by atoms with E-state index in [1.54, 1.807) is 0 Å². The van der Waals surface area contributed by atoms with Crippen molar-refractivity contribution in [1.29, 1.82) is 0 Å². The summed E-state index contributed by atoms with van der Waals surface area (Å²) in [6, 6.07) is 0. The molecule has 0 rings (SSSR count). The van der Waals surface area contributed by atoms with E-state index in [1.165, 1.54) is 32.1 Å². The van der Waals surface area contributed by atoms with Crippen LogP contribution in [0.3, 0.4) is 0 Å². The lowest BCUT2D eigenvalue weighted by Crippen LogP contribution is -2.18. The van der Waals surface area contributed by atoms with Crippen LogP contribution in [0.15, 0.2) is 0 Å². The van der Waals surface area contributed by atoms with Gasteiger partial charge in [-0.3, -0.25) is 8.74 Å². The van der Waals surface area contributed by atoms with Crippen LogP contribution in [-0.4, -0.2) is 28.5 Å². The molecular weight excluding hydrogens is 214 g/mol. The van der Waals surface area contributed by atoms with Crippen LogP contribution >= 0.6 is 0 Å². The van der Waals surface area contributed by atoms with E-state index in [2.05, 4.69) is 16.4 Å². The maximum Gasteiger partial charge on any atom is 0.301 e. The van der Waals surface area contributed by atoms with Crippen LogP contribution in [0.2, 0.25) is 0 Å². The molecule has 0 aliphatic carbocycles. The SMILES string of the molecule is CCCCCCCNCCCOS(=O)O. The summed E-state index contributed by atoms with van der Waals surface area (Å²) >= 11 is -2.11. The lowest BCUT2D eigenvalue weighted by Gasteiger charge is -2.03. The van der Waals surface area contributed by atoms with E-state index >= 15 is 0 Å². The number of hydrogen-bond donors (Lipinski definition) is 2. The van der Waals surface area contributed by atoms with Crippen LogP contribution in [0.1, 0.15) is 45.4 Å². The number of rotatable bonds is 11. The molecule has 5 heteroatoms. The Kier molecular flexibility index (Phi) is 12.1. The minimum atomic E-state index is -2.11. The summed E-state index contributed by atoms with van der Waals surface area (Å²) in [7, 11) is 0. The molecule has 1 unspecified atom stereocenters. The van der Waals surface area contributed by atoms with Crippen molar-refractivity contribution in [3.05, 3.63) is 0 Å². The third kappa shape index (κ3) is 14.0. The number of nitrogens with one attached hydrogen (secondary N) is 1. The molecule has 0 fully saturated rings. The van der Waals surface area contributed by atoms with Gasteiger partial charge < -0.3 is 5.32 Å². The van der Waals surface area contributed by atoms with E-state index < -0.39 is 11.4 Å². The standard InChI is InChI=1S/C10H23NO3S/c1-2-3-4-5-6-8-11-9-7-10-14-15(12)13/h11H,2-10H2,1H3,(H,12,13). The van der Waals surface area contributed by atoms with Crippen molar-refractivity contribution < 1.29 is 12.9 Å². The van der Waals surface area contributed by atoms with Crippen LogP contribution in [0.4, 0.5) is 0 Å². The average molecular weight is 237 g/mol. The van der Waals surface area contributed by atoms with Gasteiger partial charge in [-0.1, -0.05) is 32.6 Å². The Morgan fingerprint density at radius 1 is 1.13 bits per heavy atom. The van der Waals surface area contributed by atoms with E-state index in [0.717, 1.165) is 19.5 Å². The summed E-state index contributed by atoms with van der Waals surface area (Å²) in [6.45, 7) is 4.44. The van der Waals surface area contributed by atoms with Crippen LogP contribution in [-0.2, 0) is 15.5 Å². The minimum absolute atomic E-state index is 0.339. The molecule has 0 aromatic heterocycles. The molecule has 0 amide bonds. The van der Waals surface area contributed by atoms with Crippen LogP contribution in [0.25, 0.3) is 0 Å². The van der Waals surface area contributed by atoms with Gasteiger partial charge in [0.05, 0.1) is 6.61 Å². The zero-order valence-electron chi connectivity index (χ0n) is 9.54. The van der Waals surface area contributed by atoms with Gasteiger partial charge in [-0.25, -0.2) is 0 Å². The predicted octanol–water partition coefficient (Wildman–Crippen LogP) is 2.09. The summed E-state index contributed by atoms with van der Waals surface area (Å²) in [5.74, 6) is 0. The Morgan fingerprint density at radius 3 is 2.47 bits per heavy atom. The third-order valence-corrected chi connectivity index (χ3v) is 2.51. The first-order chi connectivity index (χ1) is 7.27. The molecule has 0 aliphatic rings. The highest BCUT2D eigenvalue weighted by Gasteiger charge is 1.93. The summed E-state index contributed by atoms with van der Waals surface area (Å²) in [4.78, 5) is 0. The molecule has 0 saturated heterocycles. The van der Waals surface area contributed by atoms with Crippen LogP contribution in [0.5, 0.6) is 0 Å². The number of hydrogen-bond acceptors (Lipinski definition) is 3. The molecule has 0 spiro atoms. The Morgan fingerprint density at radius 2 is 1.80 bits per heavy atom. The first-order valence-corrected chi connectivity index (χ1v) is 6.75. The van der Waals surface area contributed by atoms with Gasteiger partial charge >= 0.3 is 11.4 Å². The number of unbranched alkanes of at least 4 members (excludes halogenated alkanes) is 4. The molecule has 0 aliphatic heterocycles. The topological polar surface area (TPSA) is 58.6 Å². The van der Waals surface area contributed by atoms with E-state index in [9.17, 15) is 4.21 Å². The zero-order valence-corrected chi connectivity index (χ0v) is 10.4. The first kappa shape index (κ1) is 15.0. The second-order valence-electron chi connectivity index (χ2n) is 3.56. The highest BCUT2D eigenvalue weighted by Crippen LogP contribution is 2.00. The van der Waals surface area contributed by atoms with Gasteiger partial charge in [0.1, 0.15) is 0 Å². The molecule has 0 saturated carbocycles. The molecular formula is C10H23NO3S. The minimum Gasteiger partial charge on any atom is -0.317 e. The molecule has 2 N–H and O–H groups in total. The van der Waals surface area contributed by atoms with E-state index in [0.29, 0.717) is 6.61 Å². The fourth-order valence-electron chi connectivity index (χ4n) is 1.31. The summed E-state index contributed by atoms with van der Waals surface area (Å²) in [6.07, 6.45) is 7.22. The Bertz CT molecular complexity index is 156. The maximum atomic E-state index is 10.1. The largest absolute Gasteiger partial charge is 0.317 e. The van der Waals surface area contributed by atoms with Crippen molar-refractivity contribution >= 4 is 11.4 Å². The van der Waals surface area contributed by atoms with Crippen molar-refractivity contribution in [2.45, 2.75) is 45.4 Å². The van der Waals surface area contributed by atoms with Crippen molar-refractivity contribution in [2.75, 3.05) is 19.7 Å². The summed E-state index contributed by atoms with van der Waals surface area (Å²) in [5, 5.41) is 3.28. The second-order valence-corrected chi connectivity index (χ2v) is 4.23. The van der Waals surface area contributed by atoms with Crippen molar-refractivity contribution in [3.8, 4) is 0 Å². The fourth-order valence-corrected chi connectivity index (χ4v) is 1.57. The molecule has 0 aromatic rings. The normalized spacial score (nSPS) is 12.9. The summed E-state index contributed by atoms with van der Waals surface area (Å²) < 4.78 is 22.9. The van der Waals surface area contributed by atoms with Gasteiger partial charge in [-0.2, -0.15) is 4.21 Å². The molecule has 0 aromatic carbocycles. The quantitative estimate of drug-likeness (QED) is 0.427. The lowest BCUT2D eigenvalue weighted by atomic mass is 10.1. The van der Waals surface area contributed by atoms with Gasteiger partial charge in [0, 0.05) is 0 Å². The molecule has 4 nitrogen and oxygen atoms in total. The van der Waals surface area contributed by atoms with Gasteiger partial charge in [0.25, 0.3) is 0 Å². The first-order valence-electron chi connectivity index (χ1n) is 5.72. The monoisotopic (exact) mass is 237 g/mol. The van der Waals surface area contributed by atoms with Gasteiger partial charge in [-0.15, -0.1) is 0 Å². The molecule has 0 heterocycles. The predicted molar refractivity (Wildman–Crippen MR) is 63.0 cm³/mol. The fraction of sp³-hybridized carbons (Fsp3) is 1.00. The second kappa shape index (κ2) is 12.1.